The zero-order valence-electron chi connectivity index (χ0n) is 13.7. The molecule has 130 valence electrons. The fourth-order valence-corrected chi connectivity index (χ4v) is 3.60. The van der Waals surface area contributed by atoms with Crippen LogP contribution in [0.4, 0.5) is 0 Å². The lowest BCUT2D eigenvalue weighted by atomic mass is 9.91. The Hall–Kier alpha value is -1.57. The molecular weight excluding hydrogens is 346 g/mol. The van der Waals surface area contributed by atoms with Crippen LogP contribution in [0.15, 0.2) is 35.2 Å². The molecule has 1 atom stereocenters. The first-order valence-corrected chi connectivity index (χ1v) is 9.96. The van der Waals surface area contributed by atoms with Crippen molar-refractivity contribution in [3.63, 3.8) is 0 Å². The largest absolute Gasteiger partial charge is 0.385 e. The van der Waals surface area contributed by atoms with E-state index in [4.69, 9.17) is 17.0 Å². The van der Waals surface area contributed by atoms with Gasteiger partial charge in [0, 0.05) is 32.0 Å². The van der Waals surface area contributed by atoms with Gasteiger partial charge in [0.1, 0.15) is 0 Å². The number of thiocarbonyl (C=S) groups is 1. The number of nitrogens with one attached hydrogen (secondary N) is 1. The molecule has 1 N–H and O–H groups in total. The highest BCUT2D eigenvalue weighted by Crippen LogP contribution is 2.26. The summed E-state index contributed by atoms with van der Waals surface area (Å²) in [4.78, 5) is 12.9. The fraction of sp³-hybridized carbons (Fsp3) is 0.412. The van der Waals surface area contributed by atoms with Gasteiger partial charge in [0.05, 0.1) is 9.88 Å². The molecule has 1 amide bonds. The van der Waals surface area contributed by atoms with E-state index >= 15 is 0 Å². The summed E-state index contributed by atoms with van der Waals surface area (Å²) in [5, 5.41) is 2.74. The van der Waals surface area contributed by atoms with E-state index in [1.54, 1.807) is 31.4 Å². The zero-order chi connectivity index (χ0) is 17.7. The molecule has 0 aliphatic carbocycles. The van der Waals surface area contributed by atoms with Gasteiger partial charge in [-0.25, -0.2) is 8.42 Å². The van der Waals surface area contributed by atoms with Crippen molar-refractivity contribution in [3.8, 4) is 0 Å². The topological polar surface area (TPSA) is 72.5 Å². The van der Waals surface area contributed by atoms with Gasteiger partial charge in [-0.15, -0.1) is 0 Å². The second-order valence-corrected chi connectivity index (χ2v) is 8.29. The fourth-order valence-electron chi connectivity index (χ4n) is 2.63. The monoisotopic (exact) mass is 367 g/mol. The molecule has 24 heavy (non-hydrogen) atoms. The molecule has 2 rings (SSSR count). The van der Waals surface area contributed by atoms with Crippen LogP contribution >= 0.6 is 12.2 Å². The van der Waals surface area contributed by atoms with E-state index in [1.165, 1.54) is 12.3 Å². The molecule has 1 aromatic rings. The highest BCUT2D eigenvalue weighted by atomic mass is 32.2. The molecule has 0 radical (unpaired) electrons. The quantitative estimate of drug-likeness (QED) is 0.809. The van der Waals surface area contributed by atoms with Crippen LogP contribution in [0.3, 0.4) is 0 Å². The first-order chi connectivity index (χ1) is 11.3. The van der Waals surface area contributed by atoms with Crippen molar-refractivity contribution in [1.82, 2.24) is 5.32 Å². The molecule has 5 nitrogen and oxygen atoms in total. The highest BCUT2D eigenvalue weighted by Gasteiger charge is 2.20. The van der Waals surface area contributed by atoms with Crippen LogP contribution in [0.25, 0.3) is 5.57 Å². The van der Waals surface area contributed by atoms with Crippen LogP contribution in [-0.4, -0.2) is 39.3 Å². The Balaban J connectivity index is 2.23. The molecule has 0 spiro atoms. The molecule has 7 heteroatoms. The van der Waals surface area contributed by atoms with Crippen LogP contribution < -0.4 is 5.32 Å². The van der Waals surface area contributed by atoms with Gasteiger partial charge < -0.3 is 10.1 Å². The third kappa shape index (κ3) is 4.96. The Bertz CT molecular complexity index is 751. The highest BCUT2D eigenvalue weighted by molar-refractivity contribution is 7.90. The molecule has 0 saturated carbocycles. The van der Waals surface area contributed by atoms with Gasteiger partial charge >= 0.3 is 0 Å². The van der Waals surface area contributed by atoms with Crippen molar-refractivity contribution in [2.24, 2.45) is 5.92 Å². The number of methoxy groups -OCH3 is 1. The molecule has 1 aliphatic heterocycles. The number of carbonyl (C=O) groups excluding carboxylic acids is 1. The SMILES string of the molecule is COCCC1CC/C(c2ccc(S(C)(=O)=O)cc2)=C\C(=O)NC1=S. The van der Waals surface area contributed by atoms with E-state index in [0.29, 0.717) is 18.0 Å². The Morgan fingerprint density at radius 2 is 1.96 bits per heavy atom. The normalized spacial score (nSPS) is 21.4. The minimum atomic E-state index is -3.23. The number of carbonyl (C=O) groups is 1. The van der Waals surface area contributed by atoms with E-state index in [9.17, 15) is 13.2 Å². The average Bonchev–Trinajstić information content (AvgIpc) is 2.51. The van der Waals surface area contributed by atoms with Crippen LogP contribution in [0, 0.1) is 5.92 Å². The number of rotatable bonds is 5. The molecule has 0 fully saturated rings. The number of allylic oxidation sites excluding steroid dienone is 1. The predicted molar refractivity (Wildman–Crippen MR) is 97.5 cm³/mol. The summed E-state index contributed by atoms with van der Waals surface area (Å²) in [6, 6.07) is 6.60. The zero-order valence-corrected chi connectivity index (χ0v) is 15.4. The van der Waals surface area contributed by atoms with Gasteiger partial charge in [0.15, 0.2) is 9.84 Å². The van der Waals surface area contributed by atoms with Gasteiger partial charge in [-0.3, -0.25) is 4.79 Å². The summed E-state index contributed by atoms with van der Waals surface area (Å²) in [5.74, 6) is -0.160. The van der Waals surface area contributed by atoms with Crippen molar-refractivity contribution < 1.29 is 17.9 Å². The van der Waals surface area contributed by atoms with Crippen LogP contribution in [-0.2, 0) is 19.4 Å². The summed E-state index contributed by atoms with van der Waals surface area (Å²) in [7, 11) is -1.59. The Morgan fingerprint density at radius 1 is 1.29 bits per heavy atom. The lowest BCUT2D eigenvalue weighted by Gasteiger charge is -2.21. The Kier molecular flexibility index (Phi) is 6.26. The smallest absolute Gasteiger partial charge is 0.249 e. The Labute approximate surface area is 148 Å². The van der Waals surface area contributed by atoms with Crippen LogP contribution in [0.1, 0.15) is 24.8 Å². The molecule has 1 aromatic carbocycles. The molecule has 1 heterocycles. The van der Waals surface area contributed by atoms with Crippen LogP contribution in [0.5, 0.6) is 0 Å². The maximum atomic E-state index is 12.1. The molecule has 1 unspecified atom stereocenters. The summed E-state index contributed by atoms with van der Waals surface area (Å²) >= 11 is 5.29. The minimum absolute atomic E-state index is 0.0860. The van der Waals surface area contributed by atoms with E-state index in [2.05, 4.69) is 5.32 Å². The van der Waals surface area contributed by atoms with E-state index in [-0.39, 0.29) is 16.7 Å². The second-order valence-electron chi connectivity index (χ2n) is 5.84. The van der Waals surface area contributed by atoms with Crippen LogP contribution in [0.2, 0.25) is 0 Å². The third-order valence-corrected chi connectivity index (χ3v) is 5.57. The number of hydrogen-bond donors (Lipinski definition) is 1. The third-order valence-electron chi connectivity index (χ3n) is 4.01. The maximum absolute atomic E-state index is 12.1. The minimum Gasteiger partial charge on any atom is -0.385 e. The van der Waals surface area contributed by atoms with Crippen molar-refractivity contribution in [2.45, 2.75) is 24.2 Å². The average molecular weight is 367 g/mol. The number of amides is 1. The van der Waals surface area contributed by atoms with Gasteiger partial charge in [-0.2, -0.15) is 0 Å². The first-order valence-electron chi connectivity index (χ1n) is 7.66. The van der Waals surface area contributed by atoms with Gasteiger partial charge in [-0.05, 0) is 42.5 Å². The second kappa shape index (κ2) is 8.00. The summed E-state index contributed by atoms with van der Waals surface area (Å²) in [6.45, 7) is 0.586. The van der Waals surface area contributed by atoms with Crippen molar-refractivity contribution >= 4 is 38.5 Å². The first kappa shape index (κ1) is 18.8. The molecule has 0 aromatic heterocycles. The van der Waals surface area contributed by atoms with Gasteiger partial charge in [-0.1, -0.05) is 24.4 Å². The molecule has 0 saturated heterocycles. The van der Waals surface area contributed by atoms with E-state index in [1.807, 2.05) is 0 Å². The van der Waals surface area contributed by atoms with E-state index in [0.717, 1.165) is 24.0 Å². The summed E-state index contributed by atoms with van der Waals surface area (Å²) in [5.41, 5.74) is 1.72. The molecule has 0 bridgehead atoms. The molecule has 1 aliphatic rings. The van der Waals surface area contributed by atoms with Gasteiger partial charge in [0.2, 0.25) is 5.91 Å². The van der Waals surface area contributed by atoms with Crippen molar-refractivity contribution in [2.75, 3.05) is 20.0 Å². The summed E-state index contributed by atoms with van der Waals surface area (Å²) in [6.07, 6.45) is 4.97. The van der Waals surface area contributed by atoms with Crippen molar-refractivity contribution in [3.05, 3.63) is 35.9 Å². The van der Waals surface area contributed by atoms with E-state index < -0.39 is 9.84 Å². The summed E-state index contributed by atoms with van der Waals surface area (Å²) < 4.78 is 28.2. The molecular formula is C17H21NO4S2. The predicted octanol–water partition coefficient (Wildman–Crippen LogP) is 2.36. The lowest BCUT2D eigenvalue weighted by Crippen LogP contribution is -2.35. The number of benzene rings is 1. The number of hydrogen-bond acceptors (Lipinski definition) is 5. The number of ether oxygens (including phenoxy) is 1. The number of sulfone groups is 1. The Morgan fingerprint density at radius 3 is 2.54 bits per heavy atom. The standard InChI is InChI=1S/C17H21NO4S2/c1-22-10-9-13-3-4-14(11-16(19)18-17(13)23)12-5-7-15(8-6-12)24(2,20)21/h5-8,11,13H,3-4,9-10H2,1-2H3,(H,18,19,23)/b14-11+. The maximum Gasteiger partial charge on any atom is 0.249 e. The lowest BCUT2D eigenvalue weighted by molar-refractivity contribution is -0.115. The van der Waals surface area contributed by atoms with Crippen molar-refractivity contribution in [1.29, 1.82) is 0 Å². The van der Waals surface area contributed by atoms with Gasteiger partial charge in [0.25, 0.3) is 0 Å².